The Morgan fingerprint density at radius 2 is 1.82 bits per heavy atom. The van der Waals surface area contributed by atoms with Crippen molar-refractivity contribution in [1.29, 1.82) is 0 Å². The van der Waals surface area contributed by atoms with Crippen molar-refractivity contribution in [3.05, 3.63) is 101 Å². The second-order valence-electron chi connectivity index (χ2n) is 8.36. The Labute approximate surface area is 197 Å². The van der Waals surface area contributed by atoms with Crippen molar-refractivity contribution in [2.45, 2.75) is 26.8 Å². The van der Waals surface area contributed by atoms with E-state index in [0.29, 0.717) is 23.4 Å². The number of nitrogens with zero attached hydrogens (tertiary/aromatic N) is 4. The molecule has 2 aromatic carbocycles. The number of hydrogen-bond donors (Lipinski definition) is 1. The van der Waals surface area contributed by atoms with Gasteiger partial charge < -0.3 is 5.32 Å². The number of anilines is 2. The lowest BCUT2D eigenvalue weighted by Gasteiger charge is -2.20. The van der Waals surface area contributed by atoms with Gasteiger partial charge in [-0.2, -0.15) is 0 Å². The second-order valence-corrected chi connectivity index (χ2v) is 8.36. The van der Waals surface area contributed by atoms with Crippen molar-refractivity contribution in [3.8, 4) is 11.3 Å². The van der Waals surface area contributed by atoms with Crippen LogP contribution in [0.1, 0.15) is 32.9 Å². The minimum atomic E-state index is -0.266. The Morgan fingerprint density at radius 3 is 2.59 bits per heavy atom. The molecule has 0 saturated heterocycles. The molecule has 1 aliphatic heterocycles. The third-order valence-corrected chi connectivity index (χ3v) is 5.73. The van der Waals surface area contributed by atoms with Crippen LogP contribution < -0.4 is 10.2 Å². The molecular weight excluding hydrogens is 426 g/mol. The van der Waals surface area contributed by atoms with E-state index in [4.69, 9.17) is 0 Å². The average molecular weight is 450 g/mol. The summed E-state index contributed by atoms with van der Waals surface area (Å²) in [5, 5.41) is 2.91. The zero-order chi connectivity index (χ0) is 23.7. The quantitative estimate of drug-likeness (QED) is 0.491. The molecule has 5 rings (SSSR count). The maximum atomic E-state index is 13.1. The highest BCUT2D eigenvalue weighted by Crippen LogP contribution is 2.37. The van der Waals surface area contributed by atoms with Crippen LogP contribution in [0.25, 0.3) is 11.3 Å². The fraction of sp³-hybridized carbons (Fsp3) is 0.148. The van der Waals surface area contributed by atoms with E-state index in [-0.39, 0.29) is 18.4 Å². The van der Waals surface area contributed by atoms with Crippen LogP contribution in [0.4, 0.5) is 11.4 Å². The second kappa shape index (κ2) is 8.86. The van der Waals surface area contributed by atoms with Crippen LogP contribution in [0.2, 0.25) is 0 Å². The van der Waals surface area contributed by atoms with E-state index in [0.717, 1.165) is 33.8 Å². The maximum Gasteiger partial charge on any atom is 0.251 e. The Morgan fingerprint density at radius 1 is 0.971 bits per heavy atom. The van der Waals surface area contributed by atoms with Crippen LogP contribution in [-0.2, 0) is 17.8 Å². The van der Waals surface area contributed by atoms with E-state index < -0.39 is 0 Å². The summed E-state index contributed by atoms with van der Waals surface area (Å²) < 4.78 is 0. The van der Waals surface area contributed by atoms with Gasteiger partial charge in [-0.25, -0.2) is 0 Å². The van der Waals surface area contributed by atoms with Gasteiger partial charge in [0, 0.05) is 23.5 Å². The molecule has 0 aliphatic carbocycles. The summed E-state index contributed by atoms with van der Waals surface area (Å²) in [6.07, 6.45) is 5.43. The largest absolute Gasteiger partial charge is 0.346 e. The van der Waals surface area contributed by atoms with Crippen LogP contribution in [0, 0.1) is 13.8 Å². The molecule has 0 bridgehead atoms. The van der Waals surface area contributed by atoms with Crippen molar-refractivity contribution in [1.82, 2.24) is 20.3 Å². The number of rotatable bonds is 5. The SMILES string of the molecule is Cc1ccc(-c2cc(C(=O)NCc3cnc(C)cn3)cc(N3C(=O)Cc4ccccc43)c2)nc1. The molecule has 0 unspecified atom stereocenters. The molecule has 7 nitrogen and oxygen atoms in total. The molecule has 1 N–H and O–H groups in total. The molecule has 34 heavy (non-hydrogen) atoms. The van der Waals surface area contributed by atoms with Gasteiger partial charge in [-0.1, -0.05) is 24.3 Å². The van der Waals surface area contributed by atoms with Gasteiger partial charge in [0.15, 0.2) is 0 Å². The summed E-state index contributed by atoms with van der Waals surface area (Å²) in [7, 11) is 0. The van der Waals surface area contributed by atoms with Crippen molar-refractivity contribution >= 4 is 23.2 Å². The third-order valence-electron chi connectivity index (χ3n) is 5.73. The van der Waals surface area contributed by atoms with Crippen molar-refractivity contribution in [3.63, 3.8) is 0 Å². The summed E-state index contributed by atoms with van der Waals surface area (Å²) >= 11 is 0. The van der Waals surface area contributed by atoms with E-state index in [1.54, 1.807) is 35.6 Å². The van der Waals surface area contributed by atoms with Gasteiger partial charge in [0.2, 0.25) is 5.91 Å². The van der Waals surface area contributed by atoms with Gasteiger partial charge in [0.1, 0.15) is 0 Å². The number of fused-ring (bicyclic) bond motifs is 1. The number of hydrogen-bond acceptors (Lipinski definition) is 5. The predicted octanol–water partition coefficient (Wildman–Crippen LogP) is 4.31. The van der Waals surface area contributed by atoms with Gasteiger partial charge in [0.05, 0.1) is 47.6 Å². The molecule has 0 atom stereocenters. The highest BCUT2D eigenvalue weighted by atomic mass is 16.2. The van der Waals surface area contributed by atoms with Crippen molar-refractivity contribution < 1.29 is 9.59 Å². The van der Waals surface area contributed by atoms with Crippen LogP contribution in [0.15, 0.2) is 73.2 Å². The Kier molecular flexibility index (Phi) is 5.59. The first-order valence-corrected chi connectivity index (χ1v) is 11.0. The Bertz CT molecular complexity index is 1380. The van der Waals surface area contributed by atoms with Crippen molar-refractivity contribution in [2.75, 3.05) is 4.90 Å². The van der Waals surface area contributed by atoms with E-state index in [1.807, 2.05) is 56.3 Å². The summed E-state index contributed by atoms with van der Waals surface area (Å²) in [6.45, 7) is 4.08. The molecule has 168 valence electrons. The molecule has 0 saturated carbocycles. The fourth-order valence-corrected chi connectivity index (χ4v) is 3.98. The molecule has 0 fully saturated rings. The molecule has 1 aliphatic rings. The van der Waals surface area contributed by atoms with E-state index in [2.05, 4.69) is 20.3 Å². The number of carbonyl (C=O) groups excluding carboxylic acids is 2. The molecule has 3 heterocycles. The highest BCUT2D eigenvalue weighted by molar-refractivity contribution is 6.08. The summed E-state index contributed by atoms with van der Waals surface area (Å²) in [6, 6.07) is 17.0. The molecule has 2 aromatic heterocycles. The van der Waals surface area contributed by atoms with Crippen LogP contribution in [-0.4, -0.2) is 26.8 Å². The molecule has 2 amide bonds. The predicted molar refractivity (Wildman–Crippen MR) is 130 cm³/mol. The van der Waals surface area contributed by atoms with E-state index in [1.165, 1.54) is 0 Å². The third kappa shape index (κ3) is 4.28. The number of carbonyl (C=O) groups is 2. The normalized spacial score (nSPS) is 12.5. The standard InChI is InChI=1S/C27H23N5O2/c1-17-7-8-24(30-13-17)20-9-21(27(34)31-16-22-15-28-18(2)14-29-22)11-23(10-20)32-25-6-4-3-5-19(25)12-26(32)33/h3-11,13-15H,12,16H2,1-2H3,(H,31,34). The Balaban J connectivity index is 1.52. The minimum Gasteiger partial charge on any atom is -0.346 e. The lowest BCUT2D eigenvalue weighted by molar-refractivity contribution is -0.116. The maximum absolute atomic E-state index is 13.1. The summed E-state index contributed by atoms with van der Waals surface area (Å²) in [5.74, 6) is -0.297. The fourth-order valence-electron chi connectivity index (χ4n) is 3.98. The zero-order valence-electron chi connectivity index (χ0n) is 18.9. The first-order chi connectivity index (χ1) is 16.5. The number of aryl methyl sites for hydroxylation is 2. The Hall–Kier alpha value is -4.39. The summed E-state index contributed by atoms with van der Waals surface area (Å²) in [4.78, 5) is 40.8. The number of benzene rings is 2. The minimum absolute atomic E-state index is 0.0310. The van der Waals surface area contributed by atoms with E-state index in [9.17, 15) is 9.59 Å². The molecule has 7 heteroatoms. The van der Waals surface area contributed by atoms with Crippen LogP contribution in [0.5, 0.6) is 0 Å². The highest BCUT2D eigenvalue weighted by Gasteiger charge is 2.29. The lowest BCUT2D eigenvalue weighted by atomic mass is 10.0. The van der Waals surface area contributed by atoms with Gasteiger partial charge in [-0.3, -0.25) is 29.4 Å². The number of para-hydroxylation sites is 1. The topological polar surface area (TPSA) is 88.1 Å². The number of nitrogens with one attached hydrogen (secondary N) is 1. The molecule has 4 aromatic rings. The van der Waals surface area contributed by atoms with Gasteiger partial charge in [-0.15, -0.1) is 0 Å². The molecular formula is C27H23N5O2. The number of pyridine rings is 1. The van der Waals surface area contributed by atoms with Crippen LogP contribution in [0.3, 0.4) is 0 Å². The van der Waals surface area contributed by atoms with Crippen LogP contribution >= 0.6 is 0 Å². The van der Waals surface area contributed by atoms with Gasteiger partial charge in [-0.05, 0) is 55.3 Å². The summed E-state index contributed by atoms with van der Waals surface area (Å²) in [5.41, 5.74) is 6.88. The van der Waals surface area contributed by atoms with E-state index >= 15 is 0 Å². The number of aromatic nitrogens is 3. The first-order valence-electron chi connectivity index (χ1n) is 11.0. The smallest absolute Gasteiger partial charge is 0.251 e. The average Bonchev–Trinajstić information content (AvgIpc) is 3.19. The molecule has 0 spiro atoms. The first kappa shape index (κ1) is 21.5. The van der Waals surface area contributed by atoms with Gasteiger partial charge >= 0.3 is 0 Å². The monoisotopic (exact) mass is 449 g/mol. The van der Waals surface area contributed by atoms with Gasteiger partial charge in [0.25, 0.3) is 5.91 Å². The number of amides is 2. The zero-order valence-corrected chi connectivity index (χ0v) is 18.9. The molecule has 0 radical (unpaired) electrons. The van der Waals surface area contributed by atoms with Crippen molar-refractivity contribution in [2.24, 2.45) is 0 Å². The lowest BCUT2D eigenvalue weighted by Crippen LogP contribution is -2.25.